The molecule has 0 bridgehead atoms. The fourth-order valence-corrected chi connectivity index (χ4v) is 2.30. The fraction of sp³-hybridized carbons (Fsp3) is 0.167. The smallest absolute Gasteiger partial charge is 0.280 e. The Morgan fingerprint density at radius 1 is 1.30 bits per heavy atom. The highest BCUT2D eigenvalue weighted by molar-refractivity contribution is 5.79. The molecule has 136 valence electrons. The third kappa shape index (κ3) is 3.85. The number of hydrogen-bond acceptors (Lipinski definition) is 8. The minimum Gasteiger partial charge on any atom is -0.455 e. The second-order valence-corrected chi connectivity index (χ2v) is 5.84. The van der Waals surface area contributed by atoms with Crippen LogP contribution in [-0.4, -0.2) is 16.1 Å². The van der Waals surface area contributed by atoms with Gasteiger partial charge in [0, 0.05) is 12.0 Å². The van der Waals surface area contributed by atoms with Crippen LogP contribution in [0.25, 0.3) is 11.3 Å². The van der Waals surface area contributed by atoms with Crippen molar-refractivity contribution in [3.63, 3.8) is 0 Å². The van der Waals surface area contributed by atoms with E-state index in [2.05, 4.69) is 15.5 Å². The predicted octanol–water partition coefficient (Wildman–Crippen LogP) is 4.28. The van der Waals surface area contributed by atoms with Gasteiger partial charge in [0.15, 0.2) is 0 Å². The molecule has 0 atom stereocenters. The van der Waals surface area contributed by atoms with E-state index in [1.54, 1.807) is 30.3 Å². The number of hydrazone groups is 1. The Labute approximate surface area is 154 Å². The lowest BCUT2D eigenvalue weighted by Gasteiger charge is -1.98. The molecule has 1 aromatic carbocycles. The summed E-state index contributed by atoms with van der Waals surface area (Å²) in [5.74, 6) is 1.33. The largest absolute Gasteiger partial charge is 0.455 e. The summed E-state index contributed by atoms with van der Waals surface area (Å²) in [6, 6.07) is 11.5. The number of anilines is 1. The number of hydrogen-bond donors (Lipinski definition) is 1. The van der Waals surface area contributed by atoms with E-state index in [1.807, 2.05) is 19.9 Å². The first-order valence-electron chi connectivity index (χ1n) is 8.03. The number of nitro benzene ring substituents is 1. The Kier molecular flexibility index (Phi) is 4.99. The molecule has 0 saturated heterocycles. The van der Waals surface area contributed by atoms with Crippen LogP contribution in [0.1, 0.15) is 37.1 Å². The molecule has 0 amide bonds. The van der Waals surface area contributed by atoms with Crippen molar-refractivity contribution in [1.29, 1.82) is 5.26 Å². The predicted molar refractivity (Wildman–Crippen MR) is 97.3 cm³/mol. The number of benzene rings is 1. The molecule has 0 radical (unpaired) electrons. The molecule has 0 aliphatic carbocycles. The minimum absolute atomic E-state index is 0.0333. The van der Waals surface area contributed by atoms with Crippen LogP contribution in [0.15, 0.2) is 50.3 Å². The lowest BCUT2D eigenvalue weighted by molar-refractivity contribution is -0.384. The molecule has 0 aliphatic rings. The van der Waals surface area contributed by atoms with Crippen molar-refractivity contribution in [2.75, 3.05) is 5.43 Å². The Balaban J connectivity index is 1.77. The van der Waals surface area contributed by atoms with Gasteiger partial charge in [-0.2, -0.15) is 10.4 Å². The second-order valence-electron chi connectivity index (χ2n) is 5.84. The number of nitro groups is 1. The number of nitriles is 1. The van der Waals surface area contributed by atoms with E-state index >= 15 is 0 Å². The van der Waals surface area contributed by atoms with Crippen LogP contribution < -0.4 is 5.43 Å². The van der Waals surface area contributed by atoms with E-state index in [1.165, 1.54) is 12.3 Å². The summed E-state index contributed by atoms with van der Waals surface area (Å²) >= 11 is 0. The van der Waals surface area contributed by atoms with Gasteiger partial charge in [-0.1, -0.05) is 26.0 Å². The normalized spacial score (nSPS) is 11.0. The zero-order chi connectivity index (χ0) is 19.4. The van der Waals surface area contributed by atoms with Gasteiger partial charge < -0.3 is 8.83 Å². The molecule has 9 heteroatoms. The third-order valence-electron chi connectivity index (χ3n) is 3.59. The average Bonchev–Trinajstić information content (AvgIpc) is 3.29. The van der Waals surface area contributed by atoms with Gasteiger partial charge in [-0.3, -0.25) is 10.1 Å². The highest BCUT2D eigenvalue weighted by Crippen LogP contribution is 2.30. The van der Waals surface area contributed by atoms with Crippen molar-refractivity contribution in [2.45, 2.75) is 19.8 Å². The molecular formula is C18H15N5O4. The third-order valence-corrected chi connectivity index (χ3v) is 3.59. The van der Waals surface area contributed by atoms with E-state index in [9.17, 15) is 10.1 Å². The van der Waals surface area contributed by atoms with Crippen LogP contribution in [0.4, 0.5) is 11.6 Å². The minimum atomic E-state index is -0.465. The summed E-state index contributed by atoms with van der Waals surface area (Å²) in [4.78, 5) is 14.7. The SMILES string of the molecule is CC(C)c1nc(C#N)c(N/N=C/c2ccc(-c3ccccc3[N+](=O)[O-])o2)o1. The van der Waals surface area contributed by atoms with E-state index < -0.39 is 4.92 Å². The molecule has 27 heavy (non-hydrogen) atoms. The first-order valence-corrected chi connectivity index (χ1v) is 8.03. The van der Waals surface area contributed by atoms with Crippen molar-refractivity contribution >= 4 is 17.8 Å². The number of aromatic nitrogens is 1. The molecule has 2 heterocycles. The topological polar surface area (TPSA) is 130 Å². The maximum Gasteiger partial charge on any atom is 0.280 e. The van der Waals surface area contributed by atoms with Crippen molar-refractivity contribution in [3.05, 3.63) is 63.9 Å². The summed E-state index contributed by atoms with van der Waals surface area (Å²) in [5, 5.41) is 24.2. The van der Waals surface area contributed by atoms with Crippen LogP contribution in [0.3, 0.4) is 0 Å². The van der Waals surface area contributed by atoms with Gasteiger partial charge in [-0.05, 0) is 18.2 Å². The molecule has 0 spiro atoms. The Morgan fingerprint density at radius 2 is 2.07 bits per heavy atom. The van der Waals surface area contributed by atoms with Crippen molar-refractivity contribution in [3.8, 4) is 17.4 Å². The second kappa shape index (κ2) is 7.53. The Morgan fingerprint density at radius 3 is 2.78 bits per heavy atom. The maximum absolute atomic E-state index is 11.1. The molecule has 1 N–H and O–H groups in total. The fourth-order valence-electron chi connectivity index (χ4n) is 2.30. The number of oxazole rings is 1. The first-order chi connectivity index (χ1) is 13.0. The van der Waals surface area contributed by atoms with Gasteiger partial charge in [0.2, 0.25) is 11.6 Å². The molecule has 0 aliphatic heterocycles. The average molecular weight is 365 g/mol. The highest BCUT2D eigenvalue weighted by Gasteiger charge is 2.17. The van der Waals surface area contributed by atoms with Crippen LogP contribution in [0.5, 0.6) is 0 Å². The van der Waals surface area contributed by atoms with E-state index in [0.717, 1.165) is 0 Å². The molecule has 9 nitrogen and oxygen atoms in total. The number of para-hydroxylation sites is 1. The van der Waals surface area contributed by atoms with Gasteiger partial charge in [0.25, 0.3) is 11.6 Å². The molecule has 0 unspecified atom stereocenters. The highest BCUT2D eigenvalue weighted by atomic mass is 16.6. The monoisotopic (exact) mass is 365 g/mol. The molecule has 3 rings (SSSR count). The summed E-state index contributed by atoms with van der Waals surface area (Å²) < 4.78 is 11.1. The zero-order valence-electron chi connectivity index (χ0n) is 14.5. The van der Waals surface area contributed by atoms with Crippen LogP contribution in [0.2, 0.25) is 0 Å². The standard InChI is InChI=1S/C18H15N5O4/c1-11(2)17-21-14(9-19)18(27-17)22-20-10-12-7-8-16(26-12)13-5-3-4-6-15(13)23(24)25/h3-8,10-11,22H,1-2H3/b20-10+. The summed E-state index contributed by atoms with van der Waals surface area (Å²) in [5.41, 5.74) is 3.05. The van der Waals surface area contributed by atoms with Gasteiger partial charge in [0.1, 0.15) is 17.6 Å². The molecule has 0 fully saturated rings. The van der Waals surface area contributed by atoms with Gasteiger partial charge in [-0.15, -0.1) is 0 Å². The van der Waals surface area contributed by atoms with Gasteiger partial charge >= 0.3 is 0 Å². The lowest BCUT2D eigenvalue weighted by Crippen LogP contribution is -1.91. The van der Waals surface area contributed by atoms with E-state index in [0.29, 0.717) is 23.0 Å². The van der Waals surface area contributed by atoms with E-state index in [-0.39, 0.29) is 23.2 Å². The van der Waals surface area contributed by atoms with E-state index in [4.69, 9.17) is 14.1 Å². The summed E-state index contributed by atoms with van der Waals surface area (Å²) in [7, 11) is 0. The van der Waals surface area contributed by atoms with Gasteiger partial charge in [-0.25, -0.2) is 10.4 Å². The number of nitrogens with one attached hydrogen (secondary N) is 1. The molecular weight excluding hydrogens is 350 g/mol. The maximum atomic E-state index is 11.1. The Bertz CT molecular complexity index is 1040. The van der Waals surface area contributed by atoms with Crippen LogP contribution in [-0.2, 0) is 0 Å². The number of rotatable bonds is 6. The molecule has 2 aromatic heterocycles. The molecule has 0 saturated carbocycles. The summed E-state index contributed by atoms with van der Waals surface area (Å²) in [6.45, 7) is 3.79. The number of furan rings is 1. The van der Waals surface area contributed by atoms with Crippen LogP contribution >= 0.6 is 0 Å². The number of nitrogens with zero attached hydrogens (tertiary/aromatic N) is 4. The quantitative estimate of drug-likeness (QED) is 0.392. The van der Waals surface area contributed by atoms with Crippen molar-refractivity contribution in [2.24, 2.45) is 5.10 Å². The Hall–Kier alpha value is -3.93. The van der Waals surface area contributed by atoms with Crippen molar-refractivity contribution in [1.82, 2.24) is 4.98 Å². The molecule has 3 aromatic rings. The lowest BCUT2D eigenvalue weighted by atomic mass is 10.1. The summed E-state index contributed by atoms with van der Waals surface area (Å²) in [6.07, 6.45) is 1.37. The van der Waals surface area contributed by atoms with Crippen LogP contribution in [0, 0.1) is 21.4 Å². The zero-order valence-corrected chi connectivity index (χ0v) is 14.5. The van der Waals surface area contributed by atoms with Gasteiger partial charge in [0.05, 0.1) is 16.7 Å². The first kappa shape index (κ1) is 17.9. The van der Waals surface area contributed by atoms with Crippen molar-refractivity contribution < 1.29 is 13.8 Å².